The lowest BCUT2D eigenvalue weighted by molar-refractivity contribution is -0.147. The van der Waals surface area contributed by atoms with Crippen LogP contribution in [0.2, 0.25) is 0 Å². The predicted octanol–water partition coefficient (Wildman–Crippen LogP) is 2.15. The Morgan fingerprint density at radius 3 is 2.86 bits per heavy atom. The van der Waals surface area contributed by atoms with E-state index in [1.807, 2.05) is 0 Å². The van der Waals surface area contributed by atoms with Gasteiger partial charge >= 0.3 is 5.97 Å². The van der Waals surface area contributed by atoms with Gasteiger partial charge in [-0.25, -0.2) is 0 Å². The summed E-state index contributed by atoms with van der Waals surface area (Å²) >= 11 is 0. The quantitative estimate of drug-likeness (QED) is 0.470. The molecule has 0 aromatic carbocycles. The highest BCUT2D eigenvalue weighted by atomic mass is 16.5. The summed E-state index contributed by atoms with van der Waals surface area (Å²) < 4.78 is 5.35. The molecule has 5 unspecified atom stereocenters. The maximum atomic E-state index is 10.9. The average Bonchev–Trinajstić information content (AvgIpc) is 2.74. The molecule has 14 heavy (non-hydrogen) atoms. The molecule has 3 aliphatic rings. The third-order valence-corrected chi connectivity index (χ3v) is 4.25. The van der Waals surface area contributed by atoms with Crippen molar-refractivity contribution in [2.75, 3.05) is 0 Å². The van der Waals surface area contributed by atoms with Crippen LogP contribution < -0.4 is 0 Å². The van der Waals surface area contributed by atoms with Crippen molar-refractivity contribution in [2.24, 2.45) is 23.7 Å². The Hall–Kier alpha value is -0.790. The van der Waals surface area contributed by atoms with E-state index in [1.54, 1.807) is 0 Å². The molecule has 5 atom stereocenters. The van der Waals surface area contributed by atoms with Gasteiger partial charge in [0.1, 0.15) is 6.10 Å². The fourth-order valence-corrected chi connectivity index (χ4v) is 3.83. The number of carbonyl (C=O) groups excluding carboxylic acids is 1. The van der Waals surface area contributed by atoms with E-state index >= 15 is 0 Å². The van der Waals surface area contributed by atoms with Gasteiger partial charge in [-0.2, -0.15) is 0 Å². The van der Waals surface area contributed by atoms with Crippen LogP contribution in [0.4, 0.5) is 0 Å². The molecule has 2 fully saturated rings. The van der Waals surface area contributed by atoms with Crippen molar-refractivity contribution in [3.8, 4) is 0 Å². The second-order valence-corrected chi connectivity index (χ2v) is 4.95. The number of hydrogen-bond acceptors (Lipinski definition) is 2. The first-order chi connectivity index (χ1) is 6.75. The lowest BCUT2D eigenvalue weighted by Gasteiger charge is -2.28. The molecular weight excluding hydrogens is 176 g/mol. The van der Waals surface area contributed by atoms with Crippen LogP contribution in [-0.4, -0.2) is 12.1 Å². The molecule has 0 N–H and O–H groups in total. The maximum Gasteiger partial charge on any atom is 0.303 e. The van der Waals surface area contributed by atoms with Crippen LogP contribution in [0.3, 0.4) is 0 Å². The second kappa shape index (κ2) is 2.85. The van der Waals surface area contributed by atoms with Gasteiger partial charge in [0.15, 0.2) is 0 Å². The number of allylic oxidation sites excluding steroid dienone is 1. The second-order valence-electron chi connectivity index (χ2n) is 4.95. The van der Waals surface area contributed by atoms with E-state index < -0.39 is 0 Å². The van der Waals surface area contributed by atoms with Gasteiger partial charge < -0.3 is 4.74 Å². The number of carbonyl (C=O) groups is 1. The number of fused-ring (bicyclic) bond motifs is 5. The molecule has 0 heterocycles. The predicted molar refractivity (Wildman–Crippen MR) is 52.5 cm³/mol. The zero-order valence-corrected chi connectivity index (χ0v) is 8.48. The number of ether oxygens (including phenoxy) is 1. The van der Waals surface area contributed by atoms with Gasteiger partial charge in [0.25, 0.3) is 0 Å². The van der Waals surface area contributed by atoms with Gasteiger partial charge in [0.05, 0.1) is 0 Å². The fraction of sp³-hybridized carbons (Fsp3) is 0.750. The number of hydrogen-bond donors (Lipinski definition) is 0. The Labute approximate surface area is 84.3 Å². The molecule has 3 aliphatic carbocycles. The van der Waals surface area contributed by atoms with Gasteiger partial charge in [0.2, 0.25) is 0 Å². The molecule has 0 aliphatic heterocycles. The van der Waals surface area contributed by atoms with Crippen LogP contribution in [0.5, 0.6) is 0 Å². The summed E-state index contributed by atoms with van der Waals surface area (Å²) in [7, 11) is 0. The summed E-state index contributed by atoms with van der Waals surface area (Å²) in [6.45, 7) is 1.51. The van der Waals surface area contributed by atoms with Crippen LogP contribution in [0.15, 0.2) is 12.2 Å². The van der Waals surface area contributed by atoms with Crippen molar-refractivity contribution in [1.29, 1.82) is 0 Å². The minimum Gasteiger partial charge on any atom is -0.458 e. The van der Waals surface area contributed by atoms with Gasteiger partial charge in [-0.3, -0.25) is 4.79 Å². The summed E-state index contributed by atoms with van der Waals surface area (Å²) in [6.07, 6.45) is 8.61. The van der Waals surface area contributed by atoms with E-state index in [0.29, 0.717) is 5.92 Å². The molecule has 0 amide bonds. The van der Waals surface area contributed by atoms with Gasteiger partial charge in [-0.05, 0) is 43.1 Å². The summed E-state index contributed by atoms with van der Waals surface area (Å²) in [6, 6.07) is 0. The van der Waals surface area contributed by atoms with E-state index in [4.69, 9.17) is 4.74 Å². The van der Waals surface area contributed by atoms with Crippen molar-refractivity contribution < 1.29 is 9.53 Å². The molecule has 2 nitrogen and oxygen atoms in total. The van der Waals surface area contributed by atoms with Gasteiger partial charge in [-0.1, -0.05) is 6.08 Å². The largest absolute Gasteiger partial charge is 0.458 e. The zero-order valence-electron chi connectivity index (χ0n) is 8.48. The Morgan fingerprint density at radius 1 is 1.29 bits per heavy atom. The summed E-state index contributed by atoms with van der Waals surface area (Å²) in [5, 5.41) is 0. The van der Waals surface area contributed by atoms with Crippen LogP contribution in [0.1, 0.15) is 26.2 Å². The first-order valence-electron chi connectivity index (χ1n) is 5.61. The molecule has 3 rings (SSSR count). The third-order valence-electron chi connectivity index (χ3n) is 4.25. The smallest absolute Gasteiger partial charge is 0.303 e. The van der Waals surface area contributed by atoms with Crippen LogP contribution in [0.25, 0.3) is 0 Å². The van der Waals surface area contributed by atoms with E-state index in [-0.39, 0.29) is 12.1 Å². The van der Waals surface area contributed by atoms with E-state index in [1.165, 1.54) is 26.2 Å². The van der Waals surface area contributed by atoms with Gasteiger partial charge in [0, 0.05) is 12.8 Å². The standard InChI is InChI=1S/C12H16O2/c1-7(13)14-11-5-4-10-8-2-3-9(6-8)12(10)11/h4-5,8-12H,2-3,6H2,1H3. The molecular formula is C12H16O2. The molecule has 0 radical (unpaired) electrons. The normalized spacial score (nSPS) is 48.2. The fourth-order valence-electron chi connectivity index (χ4n) is 3.83. The Bertz CT molecular complexity index is 295. The SMILES string of the molecule is CC(=O)OC1C=CC2C3CCC(C3)C12. The maximum absolute atomic E-state index is 10.9. The number of rotatable bonds is 1. The highest BCUT2D eigenvalue weighted by Crippen LogP contribution is 2.56. The molecule has 0 aromatic rings. The highest BCUT2D eigenvalue weighted by Gasteiger charge is 2.52. The van der Waals surface area contributed by atoms with Gasteiger partial charge in [-0.15, -0.1) is 0 Å². The van der Waals surface area contributed by atoms with Crippen molar-refractivity contribution in [3.05, 3.63) is 12.2 Å². The van der Waals surface area contributed by atoms with Crippen LogP contribution in [0, 0.1) is 23.7 Å². The molecule has 0 saturated heterocycles. The summed E-state index contributed by atoms with van der Waals surface area (Å²) in [5.74, 6) is 2.92. The van der Waals surface area contributed by atoms with Crippen LogP contribution in [-0.2, 0) is 9.53 Å². The van der Waals surface area contributed by atoms with Crippen molar-refractivity contribution >= 4 is 5.97 Å². The van der Waals surface area contributed by atoms with Crippen molar-refractivity contribution in [3.63, 3.8) is 0 Å². The minimum atomic E-state index is -0.136. The lowest BCUT2D eigenvalue weighted by atomic mass is 9.80. The van der Waals surface area contributed by atoms with Crippen molar-refractivity contribution in [2.45, 2.75) is 32.3 Å². The Morgan fingerprint density at radius 2 is 2.07 bits per heavy atom. The Kier molecular flexibility index (Phi) is 1.73. The zero-order chi connectivity index (χ0) is 9.71. The molecule has 2 bridgehead atoms. The summed E-state index contributed by atoms with van der Waals surface area (Å²) in [5.41, 5.74) is 0. The number of esters is 1. The van der Waals surface area contributed by atoms with Crippen molar-refractivity contribution in [1.82, 2.24) is 0 Å². The lowest BCUT2D eigenvalue weighted by Crippen LogP contribution is -2.29. The third kappa shape index (κ3) is 1.06. The summed E-state index contributed by atoms with van der Waals surface area (Å²) in [4.78, 5) is 10.9. The molecule has 76 valence electrons. The molecule has 0 spiro atoms. The van der Waals surface area contributed by atoms with E-state index in [2.05, 4.69) is 12.2 Å². The monoisotopic (exact) mass is 192 g/mol. The first-order valence-corrected chi connectivity index (χ1v) is 5.61. The molecule has 2 saturated carbocycles. The molecule has 2 heteroatoms. The highest BCUT2D eigenvalue weighted by molar-refractivity contribution is 5.66. The van der Waals surface area contributed by atoms with E-state index in [9.17, 15) is 4.79 Å². The average molecular weight is 192 g/mol. The molecule has 0 aromatic heterocycles. The van der Waals surface area contributed by atoms with E-state index in [0.717, 1.165) is 17.8 Å². The first kappa shape index (κ1) is 8.51. The van der Waals surface area contributed by atoms with Crippen LogP contribution >= 0.6 is 0 Å². The Balaban J connectivity index is 1.79. The minimum absolute atomic E-state index is 0.0906. The topological polar surface area (TPSA) is 26.3 Å².